The van der Waals surface area contributed by atoms with Gasteiger partial charge in [0.2, 0.25) is 5.91 Å². The number of rotatable bonds is 6. The van der Waals surface area contributed by atoms with Crippen molar-refractivity contribution in [3.63, 3.8) is 0 Å². The Kier molecular flexibility index (Phi) is 4.55. The summed E-state index contributed by atoms with van der Waals surface area (Å²) in [4.78, 5) is 20.4. The fourth-order valence-corrected chi connectivity index (χ4v) is 2.98. The lowest BCUT2D eigenvalue weighted by Crippen LogP contribution is -2.28. The Morgan fingerprint density at radius 2 is 2.10 bits per heavy atom. The third kappa shape index (κ3) is 3.64. The summed E-state index contributed by atoms with van der Waals surface area (Å²) in [6, 6.07) is 8.25. The van der Waals surface area contributed by atoms with Crippen molar-refractivity contribution in [3.05, 3.63) is 36.0 Å². The molecular weight excluding hydrogens is 264 g/mol. The number of fused-ring (bicyclic) bond motifs is 1. The molecule has 2 N–H and O–H groups in total. The summed E-state index contributed by atoms with van der Waals surface area (Å²) >= 11 is 0. The van der Waals surface area contributed by atoms with Gasteiger partial charge in [0.1, 0.15) is 0 Å². The SMILES string of the molecule is O=C(CCCc1c[nH]c2ccccc12)NOC1CCCC1. The van der Waals surface area contributed by atoms with Crippen LogP contribution in [-0.2, 0) is 16.1 Å². The Hall–Kier alpha value is -1.81. The average Bonchev–Trinajstić information content (AvgIpc) is 3.15. The molecule has 0 unspecified atom stereocenters. The minimum atomic E-state index is -0.0123. The van der Waals surface area contributed by atoms with E-state index >= 15 is 0 Å². The zero-order valence-electron chi connectivity index (χ0n) is 12.2. The van der Waals surface area contributed by atoms with E-state index in [4.69, 9.17) is 4.84 Å². The van der Waals surface area contributed by atoms with Crippen LogP contribution in [0.1, 0.15) is 44.1 Å². The number of aromatic nitrogens is 1. The minimum absolute atomic E-state index is 0.0123. The molecular formula is C17H22N2O2. The summed E-state index contributed by atoms with van der Waals surface area (Å²) in [6.45, 7) is 0. The number of aromatic amines is 1. The number of nitrogens with one attached hydrogen (secondary N) is 2. The molecule has 1 heterocycles. The van der Waals surface area contributed by atoms with Crippen LogP contribution in [0.4, 0.5) is 0 Å². The lowest BCUT2D eigenvalue weighted by Gasteiger charge is -2.11. The van der Waals surface area contributed by atoms with Crippen LogP contribution in [0.15, 0.2) is 30.5 Å². The first-order chi connectivity index (χ1) is 10.3. The number of hydroxylamine groups is 1. The molecule has 4 heteroatoms. The molecule has 0 atom stereocenters. The summed E-state index contributed by atoms with van der Waals surface area (Å²) in [6.07, 6.45) is 9.06. The molecule has 0 saturated heterocycles. The van der Waals surface area contributed by atoms with E-state index in [1.54, 1.807) is 0 Å². The average molecular weight is 286 g/mol. The van der Waals surface area contributed by atoms with Gasteiger partial charge in [-0.25, -0.2) is 5.48 Å². The third-order valence-electron chi connectivity index (χ3n) is 4.17. The van der Waals surface area contributed by atoms with Gasteiger partial charge in [0.25, 0.3) is 0 Å². The molecule has 0 spiro atoms. The molecule has 2 aromatic rings. The second kappa shape index (κ2) is 6.76. The van der Waals surface area contributed by atoms with Gasteiger partial charge in [-0.3, -0.25) is 9.63 Å². The topological polar surface area (TPSA) is 54.1 Å². The summed E-state index contributed by atoms with van der Waals surface area (Å²) in [7, 11) is 0. The molecule has 1 aromatic heterocycles. The molecule has 1 aliphatic carbocycles. The van der Waals surface area contributed by atoms with Crippen LogP contribution in [0.2, 0.25) is 0 Å². The maximum absolute atomic E-state index is 11.7. The Labute approximate surface area is 124 Å². The molecule has 1 amide bonds. The van der Waals surface area contributed by atoms with Crippen molar-refractivity contribution in [3.8, 4) is 0 Å². The van der Waals surface area contributed by atoms with Crippen LogP contribution in [0, 0.1) is 0 Å². The Morgan fingerprint density at radius 3 is 2.95 bits per heavy atom. The van der Waals surface area contributed by atoms with E-state index in [1.807, 2.05) is 18.3 Å². The monoisotopic (exact) mass is 286 g/mol. The number of aryl methyl sites for hydroxylation is 1. The number of para-hydroxylation sites is 1. The van der Waals surface area contributed by atoms with Gasteiger partial charge in [0.05, 0.1) is 6.10 Å². The van der Waals surface area contributed by atoms with Crippen LogP contribution in [-0.4, -0.2) is 17.0 Å². The van der Waals surface area contributed by atoms with Crippen LogP contribution in [0.25, 0.3) is 10.9 Å². The Balaban J connectivity index is 1.42. The van der Waals surface area contributed by atoms with Gasteiger partial charge >= 0.3 is 0 Å². The van der Waals surface area contributed by atoms with Crippen molar-refractivity contribution in [2.75, 3.05) is 0 Å². The van der Waals surface area contributed by atoms with E-state index in [-0.39, 0.29) is 12.0 Å². The van der Waals surface area contributed by atoms with Crippen molar-refractivity contribution in [1.82, 2.24) is 10.5 Å². The lowest BCUT2D eigenvalue weighted by molar-refractivity contribution is -0.138. The lowest BCUT2D eigenvalue weighted by atomic mass is 10.1. The van der Waals surface area contributed by atoms with Gasteiger partial charge in [-0.05, 0) is 37.3 Å². The van der Waals surface area contributed by atoms with Gasteiger partial charge in [0.15, 0.2) is 0 Å². The molecule has 1 saturated carbocycles. The summed E-state index contributed by atoms with van der Waals surface area (Å²) in [5.74, 6) is -0.0123. The molecule has 1 fully saturated rings. The van der Waals surface area contributed by atoms with Crippen molar-refractivity contribution >= 4 is 16.8 Å². The van der Waals surface area contributed by atoms with E-state index in [1.165, 1.54) is 23.8 Å². The van der Waals surface area contributed by atoms with Crippen LogP contribution in [0.5, 0.6) is 0 Å². The summed E-state index contributed by atoms with van der Waals surface area (Å²) in [5.41, 5.74) is 5.02. The summed E-state index contributed by atoms with van der Waals surface area (Å²) in [5, 5.41) is 1.25. The van der Waals surface area contributed by atoms with Crippen LogP contribution >= 0.6 is 0 Å². The number of hydrogen-bond donors (Lipinski definition) is 2. The highest BCUT2D eigenvalue weighted by Gasteiger charge is 2.16. The second-order valence-electron chi connectivity index (χ2n) is 5.76. The fourth-order valence-electron chi connectivity index (χ4n) is 2.98. The maximum Gasteiger partial charge on any atom is 0.243 e. The molecule has 1 aromatic carbocycles. The van der Waals surface area contributed by atoms with E-state index in [0.717, 1.165) is 31.2 Å². The van der Waals surface area contributed by atoms with Crippen molar-refractivity contribution < 1.29 is 9.63 Å². The van der Waals surface area contributed by atoms with Gasteiger partial charge in [-0.2, -0.15) is 0 Å². The van der Waals surface area contributed by atoms with Crippen LogP contribution < -0.4 is 5.48 Å². The highest BCUT2D eigenvalue weighted by molar-refractivity contribution is 5.83. The number of H-pyrrole nitrogens is 1. The number of benzene rings is 1. The van der Waals surface area contributed by atoms with E-state index < -0.39 is 0 Å². The smallest absolute Gasteiger partial charge is 0.243 e. The first kappa shape index (κ1) is 14.1. The predicted octanol–water partition coefficient (Wildman–Crippen LogP) is 3.48. The first-order valence-corrected chi connectivity index (χ1v) is 7.82. The van der Waals surface area contributed by atoms with Gasteiger partial charge in [0, 0.05) is 23.5 Å². The molecule has 4 nitrogen and oxygen atoms in total. The van der Waals surface area contributed by atoms with E-state index in [0.29, 0.717) is 6.42 Å². The van der Waals surface area contributed by atoms with Gasteiger partial charge in [-0.1, -0.05) is 31.0 Å². The molecule has 21 heavy (non-hydrogen) atoms. The number of carbonyl (C=O) groups is 1. The minimum Gasteiger partial charge on any atom is -0.361 e. The Morgan fingerprint density at radius 1 is 1.29 bits per heavy atom. The third-order valence-corrected chi connectivity index (χ3v) is 4.17. The number of hydrogen-bond acceptors (Lipinski definition) is 2. The van der Waals surface area contributed by atoms with Gasteiger partial charge in [-0.15, -0.1) is 0 Å². The maximum atomic E-state index is 11.7. The van der Waals surface area contributed by atoms with Crippen molar-refractivity contribution in [2.45, 2.75) is 51.0 Å². The largest absolute Gasteiger partial charge is 0.361 e. The fraction of sp³-hybridized carbons (Fsp3) is 0.471. The molecule has 0 radical (unpaired) electrons. The second-order valence-corrected chi connectivity index (χ2v) is 5.76. The predicted molar refractivity (Wildman–Crippen MR) is 82.7 cm³/mol. The number of carbonyl (C=O) groups excluding carboxylic acids is 1. The number of amides is 1. The molecule has 1 aliphatic rings. The normalized spacial score (nSPS) is 15.6. The van der Waals surface area contributed by atoms with E-state index in [9.17, 15) is 4.79 Å². The molecule has 0 aliphatic heterocycles. The van der Waals surface area contributed by atoms with Crippen LogP contribution in [0.3, 0.4) is 0 Å². The van der Waals surface area contributed by atoms with Crippen molar-refractivity contribution in [1.29, 1.82) is 0 Å². The van der Waals surface area contributed by atoms with Crippen molar-refractivity contribution in [2.24, 2.45) is 0 Å². The van der Waals surface area contributed by atoms with E-state index in [2.05, 4.69) is 22.6 Å². The first-order valence-electron chi connectivity index (χ1n) is 7.82. The standard InChI is InChI=1S/C17H22N2O2/c20-17(19-21-14-7-1-2-8-14)11-5-6-13-12-18-16-10-4-3-9-15(13)16/h3-4,9-10,12,14,18H,1-2,5-8,11H2,(H,19,20). The molecule has 3 rings (SSSR count). The molecule has 112 valence electrons. The highest BCUT2D eigenvalue weighted by atomic mass is 16.7. The molecule has 0 bridgehead atoms. The summed E-state index contributed by atoms with van der Waals surface area (Å²) < 4.78 is 0. The highest BCUT2D eigenvalue weighted by Crippen LogP contribution is 2.20. The zero-order chi connectivity index (χ0) is 14.5. The quantitative estimate of drug-likeness (QED) is 0.799. The van der Waals surface area contributed by atoms with Gasteiger partial charge < -0.3 is 4.98 Å². The Bertz CT molecular complexity index is 600. The zero-order valence-corrected chi connectivity index (χ0v) is 12.2.